The first-order valence-electron chi connectivity index (χ1n) is 11.1. The Morgan fingerprint density at radius 1 is 1.23 bits per heavy atom. The van der Waals surface area contributed by atoms with Gasteiger partial charge in [0.15, 0.2) is 0 Å². The van der Waals surface area contributed by atoms with Gasteiger partial charge in [0.05, 0.1) is 18.7 Å². The van der Waals surface area contributed by atoms with E-state index in [1.807, 2.05) is 19.2 Å². The fourth-order valence-corrected chi connectivity index (χ4v) is 4.95. The van der Waals surface area contributed by atoms with Gasteiger partial charge < -0.3 is 20.8 Å². The van der Waals surface area contributed by atoms with Crippen molar-refractivity contribution >= 4 is 23.2 Å². The van der Waals surface area contributed by atoms with Crippen LogP contribution in [0.25, 0.3) is 0 Å². The molecule has 2 amide bonds. The van der Waals surface area contributed by atoms with Gasteiger partial charge in [0, 0.05) is 24.4 Å². The van der Waals surface area contributed by atoms with E-state index in [4.69, 9.17) is 5.73 Å². The van der Waals surface area contributed by atoms with E-state index in [9.17, 15) is 19.8 Å². The monoisotopic (exact) mass is 439 g/mol. The molecule has 4 N–H and O–H groups in total. The average Bonchev–Trinajstić information content (AvgIpc) is 3.21. The number of nitrogens with zero attached hydrogens (tertiary/aromatic N) is 2. The fourth-order valence-electron chi connectivity index (χ4n) is 4.34. The summed E-state index contributed by atoms with van der Waals surface area (Å²) in [4.78, 5) is 30.3. The number of primary amides is 1. The van der Waals surface area contributed by atoms with E-state index < -0.39 is 24.2 Å². The number of carbonyl (C=O) groups excluding carboxylic acids is 2. The number of carbonyl (C=O) groups is 2. The summed E-state index contributed by atoms with van der Waals surface area (Å²) in [5, 5.41) is 24.4. The molecule has 0 saturated heterocycles. The van der Waals surface area contributed by atoms with Gasteiger partial charge >= 0.3 is 0 Å². The molecular weight excluding hydrogens is 402 g/mol. The van der Waals surface area contributed by atoms with E-state index in [1.165, 1.54) is 17.8 Å². The van der Waals surface area contributed by atoms with Crippen LogP contribution in [0.5, 0.6) is 0 Å². The van der Waals surface area contributed by atoms with Crippen LogP contribution in [0.1, 0.15) is 76.6 Å². The molecule has 1 aliphatic carbocycles. The van der Waals surface area contributed by atoms with Crippen molar-refractivity contribution in [2.75, 3.05) is 0 Å². The third kappa shape index (κ3) is 7.96. The fraction of sp³-hybridized carbons (Fsp3) is 0.773. The number of amides is 2. The second-order valence-electron chi connectivity index (χ2n) is 8.91. The van der Waals surface area contributed by atoms with Crippen LogP contribution < -0.4 is 5.73 Å². The van der Waals surface area contributed by atoms with E-state index in [1.54, 1.807) is 11.1 Å². The zero-order chi connectivity index (χ0) is 22.1. The van der Waals surface area contributed by atoms with Crippen LogP contribution in [0.2, 0.25) is 0 Å². The van der Waals surface area contributed by atoms with Crippen molar-refractivity contribution in [2.24, 2.45) is 17.6 Å². The van der Waals surface area contributed by atoms with Crippen LogP contribution in [0.4, 0.5) is 0 Å². The predicted molar refractivity (Wildman–Crippen MR) is 118 cm³/mol. The first-order valence-corrected chi connectivity index (χ1v) is 12.0. The highest BCUT2D eigenvalue weighted by molar-refractivity contribution is 7.09. The second-order valence-corrected chi connectivity index (χ2v) is 9.89. The summed E-state index contributed by atoms with van der Waals surface area (Å²) in [6, 6.07) is -0.522. The van der Waals surface area contributed by atoms with Crippen molar-refractivity contribution in [3.8, 4) is 0 Å². The maximum absolute atomic E-state index is 13.1. The molecule has 1 heterocycles. The molecule has 1 fully saturated rings. The van der Waals surface area contributed by atoms with Gasteiger partial charge in [-0.3, -0.25) is 9.59 Å². The van der Waals surface area contributed by atoms with Crippen molar-refractivity contribution in [3.05, 3.63) is 16.6 Å². The van der Waals surface area contributed by atoms with Crippen LogP contribution in [0.15, 0.2) is 11.6 Å². The molecule has 30 heavy (non-hydrogen) atoms. The summed E-state index contributed by atoms with van der Waals surface area (Å²) in [7, 11) is 0. The smallest absolute Gasteiger partial charge is 0.223 e. The number of hydrogen-bond acceptors (Lipinski definition) is 6. The maximum atomic E-state index is 13.1. The van der Waals surface area contributed by atoms with Crippen molar-refractivity contribution in [2.45, 2.75) is 96.4 Å². The zero-order valence-corrected chi connectivity index (χ0v) is 19.0. The molecule has 0 radical (unpaired) electrons. The summed E-state index contributed by atoms with van der Waals surface area (Å²) in [5.74, 6) is -0.127. The molecule has 170 valence electrons. The summed E-state index contributed by atoms with van der Waals surface area (Å²) < 4.78 is 0. The van der Waals surface area contributed by atoms with Crippen molar-refractivity contribution in [3.63, 3.8) is 0 Å². The predicted octanol–water partition coefficient (Wildman–Crippen LogP) is 2.84. The molecule has 3 atom stereocenters. The Morgan fingerprint density at radius 3 is 2.50 bits per heavy atom. The van der Waals surface area contributed by atoms with Crippen LogP contribution in [0.3, 0.4) is 0 Å². The second kappa shape index (κ2) is 12.4. The summed E-state index contributed by atoms with van der Waals surface area (Å²) in [6.07, 6.45) is 6.47. The summed E-state index contributed by atoms with van der Waals surface area (Å²) >= 11 is 1.45. The Morgan fingerprint density at radius 2 is 1.93 bits per heavy atom. The van der Waals surface area contributed by atoms with Crippen LogP contribution in [-0.2, 0) is 16.1 Å². The minimum absolute atomic E-state index is 0.00509. The van der Waals surface area contributed by atoms with Gasteiger partial charge in [0.2, 0.25) is 11.8 Å². The number of thiazole rings is 1. The topological polar surface area (TPSA) is 117 Å². The van der Waals surface area contributed by atoms with Crippen LogP contribution in [0, 0.1) is 11.8 Å². The zero-order valence-electron chi connectivity index (χ0n) is 18.2. The van der Waals surface area contributed by atoms with Crippen molar-refractivity contribution in [1.29, 1.82) is 0 Å². The van der Waals surface area contributed by atoms with Gasteiger partial charge in [0.25, 0.3) is 0 Å². The summed E-state index contributed by atoms with van der Waals surface area (Å²) in [6.45, 7) is 4.26. The molecule has 0 aliphatic heterocycles. The molecule has 1 saturated carbocycles. The van der Waals surface area contributed by atoms with E-state index in [2.05, 4.69) is 4.98 Å². The molecular formula is C22H37N3O4S. The largest absolute Gasteiger partial charge is 0.390 e. The van der Waals surface area contributed by atoms with E-state index in [0.717, 1.165) is 30.7 Å². The van der Waals surface area contributed by atoms with E-state index in [0.29, 0.717) is 18.8 Å². The lowest BCUT2D eigenvalue weighted by molar-refractivity contribution is -0.142. The summed E-state index contributed by atoms with van der Waals surface area (Å²) in [5.41, 5.74) is 5.26. The SMILES string of the molecule is CC(C)C[C@H](O)[C@H](O)[C@H](CC1CCCCC1)N(Cc1nccs1)C(=O)CCC(N)=O. The molecule has 0 spiro atoms. The Hall–Kier alpha value is -1.51. The Kier molecular flexibility index (Phi) is 10.2. The molecule has 8 heteroatoms. The molecule has 0 bridgehead atoms. The number of aliphatic hydroxyl groups is 2. The lowest BCUT2D eigenvalue weighted by Crippen LogP contribution is -2.52. The number of rotatable bonds is 12. The molecule has 1 aliphatic rings. The molecule has 1 aromatic heterocycles. The average molecular weight is 440 g/mol. The van der Waals surface area contributed by atoms with Gasteiger partial charge in [-0.1, -0.05) is 46.0 Å². The third-order valence-electron chi connectivity index (χ3n) is 5.90. The third-order valence-corrected chi connectivity index (χ3v) is 6.66. The van der Waals surface area contributed by atoms with Gasteiger partial charge in [-0.2, -0.15) is 0 Å². The highest BCUT2D eigenvalue weighted by Crippen LogP contribution is 2.32. The van der Waals surface area contributed by atoms with Crippen molar-refractivity contribution < 1.29 is 19.8 Å². The highest BCUT2D eigenvalue weighted by atomic mass is 32.1. The highest BCUT2D eigenvalue weighted by Gasteiger charge is 2.36. The first-order chi connectivity index (χ1) is 14.3. The van der Waals surface area contributed by atoms with E-state index in [-0.39, 0.29) is 31.2 Å². The number of aliphatic hydroxyl groups excluding tert-OH is 2. The standard InChI is InChI=1S/C22H37N3O4S/c1-15(2)12-18(26)22(29)17(13-16-6-4-3-5-7-16)25(14-20-24-10-11-30-20)21(28)9-8-19(23)27/h10-11,15-18,22,26,29H,3-9,12-14H2,1-2H3,(H2,23,27)/t17-,18-,22+/m0/s1. The normalized spacial score (nSPS) is 18.2. The molecule has 1 aromatic rings. The molecule has 0 aromatic carbocycles. The molecule has 2 rings (SSSR count). The lowest BCUT2D eigenvalue weighted by Gasteiger charge is -2.39. The number of aromatic nitrogens is 1. The molecule has 7 nitrogen and oxygen atoms in total. The number of nitrogens with two attached hydrogens (primary N) is 1. The number of hydrogen-bond donors (Lipinski definition) is 3. The lowest BCUT2D eigenvalue weighted by atomic mass is 9.82. The minimum atomic E-state index is -1.05. The minimum Gasteiger partial charge on any atom is -0.390 e. The van der Waals surface area contributed by atoms with Crippen LogP contribution >= 0.6 is 11.3 Å². The Bertz CT molecular complexity index is 647. The van der Waals surface area contributed by atoms with Gasteiger partial charge in [-0.05, 0) is 24.7 Å². The first kappa shape index (κ1) is 24.8. The molecule has 0 unspecified atom stereocenters. The van der Waals surface area contributed by atoms with Gasteiger partial charge in [-0.25, -0.2) is 4.98 Å². The quantitative estimate of drug-likeness (QED) is 0.463. The van der Waals surface area contributed by atoms with E-state index >= 15 is 0 Å². The maximum Gasteiger partial charge on any atom is 0.223 e. The van der Waals surface area contributed by atoms with Gasteiger partial charge in [-0.15, -0.1) is 11.3 Å². The van der Waals surface area contributed by atoms with Crippen LogP contribution in [-0.4, -0.2) is 50.2 Å². The van der Waals surface area contributed by atoms with Gasteiger partial charge in [0.1, 0.15) is 11.1 Å². The Balaban J connectivity index is 2.27. The van der Waals surface area contributed by atoms with Crippen molar-refractivity contribution in [1.82, 2.24) is 9.88 Å². The Labute approximate surface area is 183 Å².